The fourth-order valence-electron chi connectivity index (χ4n) is 2.31. The van der Waals surface area contributed by atoms with Crippen molar-refractivity contribution < 1.29 is 19.1 Å². The van der Waals surface area contributed by atoms with Crippen LogP contribution in [0.3, 0.4) is 0 Å². The average Bonchev–Trinajstić information content (AvgIpc) is 3.04. The molecule has 0 atom stereocenters. The molecular weight excluding hydrogens is 334 g/mol. The van der Waals surface area contributed by atoms with Gasteiger partial charge in [-0.25, -0.2) is 4.79 Å². The number of amides is 3. The molecule has 0 unspecified atom stereocenters. The van der Waals surface area contributed by atoms with Gasteiger partial charge in [0.15, 0.2) is 0 Å². The molecule has 0 saturated carbocycles. The molecule has 1 aromatic rings. The van der Waals surface area contributed by atoms with Gasteiger partial charge in [0, 0.05) is 24.6 Å². The first-order valence-electron chi connectivity index (χ1n) is 8.22. The van der Waals surface area contributed by atoms with Crippen molar-refractivity contribution in [1.29, 1.82) is 0 Å². The van der Waals surface area contributed by atoms with Crippen LogP contribution in [0, 0.1) is 0 Å². The molecule has 1 aliphatic rings. The topological polar surface area (TPSA) is 96.5 Å². The standard InChI is InChI=1S/C19H23N3O4/c1-19(2,3)26-18(25)22-15-8-6-5-7-14(15)21-17(24)13-10-9-12(11-13)16(23)20-4/h5-10H,11H2,1-4H3,(H,20,23)(H,21,24)(H,22,25). The van der Waals surface area contributed by atoms with Crippen LogP contribution in [0.2, 0.25) is 0 Å². The molecule has 138 valence electrons. The summed E-state index contributed by atoms with van der Waals surface area (Å²) in [7, 11) is 1.54. The van der Waals surface area contributed by atoms with E-state index >= 15 is 0 Å². The summed E-state index contributed by atoms with van der Waals surface area (Å²) in [4.78, 5) is 36.0. The Bertz CT molecular complexity index is 788. The van der Waals surface area contributed by atoms with Crippen molar-refractivity contribution in [3.05, 3.63) is 47.6 Å². The van der Waals surface area contributed by atoms with Gasteiger partial charge < -0.3 is 15.4 Å². The molecule has 0 aliphatic heterocycles. The van der Waals surface area contributed by atoms with Crippen molar-refractivity contribution in [3.63, 3.8) is 0 Å². The van der Waals surface area contributed by atoms with Gasteiger partial charge in [0.25, 0.3) is 5.91 Å². The Labute approximate surface area is 152 Å². The van der Waals surface area contributed by atoms with Gasteiger partial charge in [0.05, 0.1) is 11.4 Å². The van der Waals surface area contributed by atoms with Gasteiger partial charge in [0.2, 0.25) is 5.91 Å². The minimum Gasteiger partial charge on any atom is -0.444 e. The highest BCUT2D eigenvalue weighted by molar-refractivity contribution is 6.09. The van der Waals surface area contributed by atoms with E-state index < -0.39 is 11.7 Å². The van der Waals surface area contributed by atoms with Crippen LogP contribution in [0.15, 0.2) is 47.6 Å². The van der Waals surface area contributed by atoms with E-state index in [0.717, 1.165) is 0 Å². The van der Waals surface area contributed by atoms with Crippen LogP contribution in [-0.2, 0) is 14.3 Å². The fraction of sp³-hybridized carbons (Fsp3) is 0.316. The number of nitrogens with one attached hydrogen (secondary N) is 3. The number of hydrogen-bond donors (Lipinski definition) is 3. The second kappa shape index (κ2) is 7.86. The van der Waals surface area contributed by atoms with Crippen molar-refractivity contribution in [1.82, 2.24) is 5.32 Å². The summed E-state index contributed by atoms with van der Waals surface area (Å²) in [6.45, 7) is 5.30. The summed E-state index contributed by atoms with van der Waals surface area (Å²) in [6.07, 6.45) is 2.89. The first kappa shape index (κ1) is 19.2. The summed E-state index contributed by atoms with van der Waals surface area (Å²) in [5.41, 5.74) is 1.23. The molecule has 3 N–H and O–H groups in total. The Kier molecular flexibility index (Phi) is 5.82. The molecule has 1 aliphatic carbocycles. The second-order valence-electron chi connectivity index (χ2n) is 6.77. The molecule has 2 rings (SSSR count). The number of benzene rings is 1. The third kappa shape index (κ3) is 5.20. The number of hydrogen-bond acceptors (Lipinski definition) is 4. The molecule has 0 spiro atoms. The molecule has 0 radical (unpaired) electrons. The number of rotatable bonds is 4. The lowest BCUT2D eigenvalue weighted by atomic mass is 10.1. The number of anilines is 2. The molecule has 0 saturated heterocycles. The van der Waals surface area contributed by atoms with Crippen LogP contribution >= 0.6 is 0 Å². The zero-order chi connectivity index (χ0) is 19.3. The van der Waals surface area contributed by atoms with E-state index in [4.69, 9.17) is 4.74 Å². The third-order valence-corrected chi connectivity index (χ3v) is 3.49. The predicted molar refractivity (Wildman–Crippen MR) is 99.8 cm³/mol. The van der Waals surface area contributed by atoms with Gasteiger partial charge in [-0.05, 0) is 32.9 Å². The van der Waals surface area contributed by atoms with Crippen molar-refractivity contribution in [2.75, 3.05) is 17.7 Å². The van der Waals surface area contributed by atoms with E-state index in [1.807, 2.05) is 0 Å². The lowest BCUT2D eigenvalue weighted by Crippen LogP contribution is -2.27. The van der Waals surface area contributed by atoms with E-state index in [1.165, 1.54) is 0 Å². The molecular formula is C19H23N3O4. The van der Waals surface area contributed by atoms with Crippen molar-refractivity contribution >= 4 is 29.3 Å². The summed E-state index contributed by atoms with van der Waals surface area (Å²) in [5.74, 6) is -0.547. The lowest BCUT2D eigenvalue weighted by molar-refractivity contribution is -0.117. The third-order valence-electron chi connectivity index (χ3n) is 3.49. The van der Waals surface area contributed by atoms with Crippen LogP contribution in [0.4, 0.5) is 16.2 Å². The fourth-order valence-corrected chi connectivity index (χ4v) is 2.31. The first-order valence-corrected chi connectivity index (χ1v) is 8.22. The zero-order valence-corrected chi connectivity index (χ0v) is 15.3. The molecule has 7 nitrogen and oxygen atoms in total. The molecule has 7 heteroatoms. The highest BCUT2D eigenvalue weighted by atomic mass is 16.6. The zero-order valence-electron chi connectivity index (χ0n) is 15.3. The number of carbonyl (C=O) groups is 3. The Morgan fingerprint density at radius 1 is 0.923 bits per heavy atom. The van der Waals surface area contributed by atoms with Crippen LogP contribution in [0.1, 0.15) is 27.2 Å². The summed E-state index contributed by atoms with van der Waals surface area (Å²) >= 11 is 0. The van der Waals surface area contributed by atoms with Crippen LogP contribution in [0.5, 0.6) is 0 Å². The monoisotopic (exact) mass is 357 g/mol. The molecule has 1 aromatic carbocycles. The van der Waals surface area contributed by atoms with Crippen LogP contribution in [0.25, 0.3) is 0 Å². The van der Waals surface area contributed by atoms with Gasteiger partial charge in [-0.3, -0.25) is 14.9 Å². The lowest BCUT2D eigenvalue weighted by Gasteiger charge is -2.20. The largest absolute Gasteiger partial charge is 0.444 e. The van der Waals surface area contributed by atoms with E-state index in [-0.39, 0.29) is 18.2 Å². The second-order valence-corrected chi connectivity index (χ2v) is 6.77. The van der Waals surface area contributed by atoms with E-state index in [1.54, 1.807) is 64.2 Å². The number of para-hydroxylation sites is 2. The Morgan fingerprint density at radius 2 is 1.46 bits per heavy atom. The molecule has 0 bridgehead atoms. The Hall–Kier alpha value is -3.09. The minimum absolute atomic E-state index is 0.212. The highest BCUT2D eigenvalue weighted by Gasteiger charge is 2.21. The van der Waals surface area contributed by atoms with Crippen molar-refractivity contribution in [3.8, 4) is 0 Å². The van der Waals surface area contributed by atoms with Crippen LogP contribution < -0.4 is 16.0 Å². The van der Waals surface area contributed by atoms with Gasteiger partial charge in [-0.15, -0.1) is 0 Å². The van der Waals surface area contributed by atoms with E-state index in [9.17, 15) is 14.4 Å². The summed E-state index contributed by atoms with van der Waals surface area (Å²) in [5, 5.41) is 7.91. The SMILES string of the molecule is CNC(=O)C1=CC=C(C(=O)Nc2ccccc2NC(=O)OC(C)(C)C)C1. The number of allylic oxidation sites excluding steroid dienone is 2. The average molecular weight is 357 g/mol. The number of likely N-dealkylation sites (N-methyl/N-ethyl adjacent to an activating group) is 1. The smallest absolute Gasteiger partial charge is 0.412 e. The predicted octanol–water partition coefficient (Wildman–Crippen LogP) is 2.97. The molecule has 3 amide bonds. The van der Waals surface area contributed by atoms with Gasteiger partial charge in [-0.2, -0.15) is 0 Å². The quantitative estimate of drug-likeness (QED) is 0.772. The van der Waals surface area contributed by atoms with Crippen LogP contribution in [-0.4, -0.2) is 30.6 Å². The molecule has 0 fully saturated rings. The minimum atomic E-state index is -0.626. The number of ether oxygens (including phenoxy) is 1. The highest BCUT2D eigenvalue weighted by Crippen LogP contribution is 2.25. The maximum absolute atomic E-state index is 12.4. The van der Waals surface area contributed by atoms with Gasteiger partial charge >= 0.3 is 6.09 Å². The maximum Gasteiger partial charge on any atom is 0.412 e. The number of carbonyl (C=O) groups excluding carboxylic acids is 3. The summed E-state index contributed by atoms with van der Waals surface area (Å²) < 4.78 is 5.23. The molecule has 0 aromatic heterocycles. The maximum atomic E-state index is 12.4. The van der Waals surface area contributed by atoms with Crippen molar-refractivity contribution in [2.45, 2.75) is 32.8 Å². The van der Waals surface area contributed by atoms with Gasteiger partial charge in [0.1, 0.15) is 5.60 Å². The van der Waals surface area contributed by atoms with E-state index in [2.05, 4.69) is 16.0 Å². The first-order chi connectivity index (χ1) is 12.2. The molecule has 26 heavy (non-hydrogen) atoms. The summed E-state index contributed by atoms with van der Waals surface area (Å²) in [6, 6.07) is 6.82. The Balaban J connectivity index is 2.03. The van der Waals surface area contributed by atoms with Gasteiger partial charge in [-0.1, -0.05) is 24.3 Å². The Morgan fingerprint density at radius 3 is 2.00 bits per heavy atom. The normalized spacial score (nSPS) is 13.4. The molecule has 0 heterocycles. The van der Waals surface area contributed by atoms with Crippen molar-refractivity contribution in [2.24, 2.45) is 0 Å². The van der Waals surface area contributed by atoms with E-state index in [0.29, 0.717) is 22.5 Å².